The molecule has 2 aromatic carbocycles. The molecule has 40 heavy (non-hydrogen) atoms. The highest BCUT2D eigenvalue weighted by Gasteiger charge is 2.40. The topological polar surface area (TPSA) is 109 Å². The van der Waals surface area contributed by atoms with Gasteiger partial charge in [0.25, 0.3) is 5.91 Å². The lowest BCUT2D eigenvalue weighted by molar-refractivity contribution is -0.137. The average molecular weight is 556 g/mol. The molecule has 1 heterocycles. The number of hydrogen-bond donors (Lipinski definition) is 1. The second-order valence-corrected chi connectivity index (χ2v) is 10.3. The van der Waals surface area contributed by atoms with Gasteiger partial charge in [-0.05, 0) is 44.0 Å². The van der Waals surface area contributed by atoms with E-state index in [0.717, 1.165) is 5.56 Å². The molecule has 0 saturated carbocycles. The number of carbonyl (C=O) groups is 3. The van der Waals surface area contributed by atoms with E-state index in [1.54, 1.807) is 42.2 Å². The third-order valence-corrected chi connectivity index (χ3v) is 7.03. The van der Waals surface area contributed by atoms with Crippen LogP contribution in [-0.2, 0) is 16.1 Å². The van der Waals surface area contributed by atoms with E-state index in [1.165, 1.54) is 12.0 Å². The molecule has 0 aliphatic carbocycles. The molecule has 0 radical (unpaired) electrons. The number of rotatable bonds is 12. The van der Waals surface area contributed by atoms with Gasteiger partial charge in [-0.15, -0.1) is 0 Å². The van der Waals surface area contributed by atoms with E-state index in [9.17, 15) is 19.5 Å². The van der Waals surface area contributed by atoms with Crippen molar-refractivity contribution in [3.63, 3.8) is 0 Å². The summed E-state index contributed by atoms with van der Waals surface area (Å²) in [4.78, 5) is 44.0. The van der Waals surface area contributed by atoms with Crippen LogP contribution in [0.25, 0.3) is 0 Å². The van der Waals surface area contributed by atoms with Crippen LogP contribution >= 0.6 is 0 Å². The third-order valence-electron chi connectivity index (χ3n) is 7.03. The largest absolute Gasteiger partial charge is 0.493 e. The summed E-state index contributed by atoms with van der Waals surface area (Å²) < 4.78 is 16.4. The van der Waals surface area contributed by atoms with Crippen LogP contribution in [0.5, 0.6) is 11.5 Å². The van der Waals surface area contributed by atoms with Crippen molar-refractivity contribution in [1.82, 2.24) is 14.7 Å². The Bertz CT molecular complexity index is 1140. The number of hydrogen-bond acceptors (Lipinski definition) is 6. The van der Waals surface area contributed by atoms with Crippen molar-refractivity contribution in [3.8, 4) is 11.5 Å². The first-order valence-electron chi connectivity index (χ1n) is 13.5. The number of carboxylic acid groups (broad SMARTS) is 1. The molecular formula is C30H41N3O7. The monoisotopic (exact) mass is 555 g/mol. The fourth-order valence-electron chi connectivity index (χ4n) is 5.13. The molecule has 1 N–H and O–H groups in total. The Morgan fingerprint density at radius 1 is 1.02 bits per heavy atom. The van der Waals surface area contributed by atoms with Gasteiger partial charge in [-0.3, -0.25) is 9.59 Å². The minimum atomic E-state index is -1.11. The highest BCUT2D eigenvalue weighted by molar-refractivity contribution is 5.95. The number of methoxy groups -OCH3 is 2. The van der Waals surface area contributed by atoms with Gasteiger partial charge in [-0.25, -0.2) is 4.79 Å². The smallest absolute Gasteiger partial charge is 0.407 e. The predicted octanol–water partition coefficient (Wildman–Crippen LogP) is 3.99. The second kappa shape index (κ2) is 14.6. The molecule has 1 fully saturated rings. The minimum absolute atomic E-state index is 0.0892. The van der Waals surface area contributed by atoms with Crippen LogP contribution in [-0.4, -0.2) is 97.4 Å². The molecule has 0 unspecified atom stereocenters. The first kappa shape index (κ1) is 30.7. The summed E-state index contributed by atoms with van der Waals surface area (Å²) in [5, 5.41) is 9.88. The number of nitrogens with zero attached hydrogens (tertiary/aromatic N) is 3. The van der Waals surface area contributed by atoms with E-state index in [1.807, 2.05) is 44.2 Å². The van der Waals surface area contributed by atoms with Gasteiger partial charge in [0.05, 0.1) is 25.7 Å². The average Bonchev–Trinajstić information content (AvgIpc) is 2.95. The van der Waals surface area contributed by atoms with E-state index in [-0.39, 0.29) is 30.9 Å². The van der Waals surface area contributed by atoms with Crippen LogP contribution in [0.3, 0.4) is 0 Å². The predicted molar refractivity (Wildman–Crippen MR) is 151 cm³/mol. The molecule has 1 aliphatic rings. The maximum Gasteiger partial charge on any atom is 0.407 e. The van der Waals surface area contributed by atoms with Crippen molar-refractivity contribution in [2.45, 2.75) is 45.3 Å². The normalized spacial score (nSPS) is 16.9. The van der Waals surface area contributed by atoms with Gasteiger partial charge >= 0.3 is 6.09 Å². The standard InChI is InChI=1S/C30H41N3O7/c1-21(2)33(29(35)23-12-13-26(39-5)27(17-23)40-15-9-14-38-4)25-16-24(19-32(20-25)30(36)37)28(34)31(3)18-22-10-7-6-8-11-22/h6-8,10-13,17,21,24-25H,9,14-16,18-20H2,1-5H3,(H,36,37)/t24-,25+/m0/s1. The highest BCUT2D eigenvalue weighted by atomic mass is 16.5. The summed E-state index contributed by atoms with van der Waals surface area (Å²) in [6.07, 6.45) is -0.0695. The van der Waals surface area contributed by atoms with Crippen molar-refractivity contribution < 1.29 is 33.7 Å². The lowest BCUT2D eigenvalue weighted by Crippen LogP contribution is -2.58. The number of benzene rings is 2. The van der Waals surface area contributed by atoms with Crippen LogP contribution in [0.4, 0.5) is 4.79 Å². The van der Waals surface area contributed by atoms with Crippen molar-refractivity contribution >= 4 is 17.9 Å². The SMILES string of the molecule is COCCCOc1cc(C(=O)N(C(C)C)[C@@H]2C[C@H](C(=O)N(C)Cc3ccccc3)CN(C(=O)O)C2)ccc1OC. The van der Waals surface area contributed by atoms with Gasteiger partial charge in [0.1, 0.15) is 0 Å². The van der Waals surface area contributed by atoms with Gasteiger partial charge in [0.15, 0.2) is 11.5 Å². The molecule has 3 rings (SSSR count). The summed E-state index contributed by atoms with van der Waals surface area (Å²) in [5.41, 5.74) is 1.38. The van der Waals surface area contributed by atoms with Crippen molar-refractivity contribution in [2.24, 2.45) is 5.92 Å². The molecule has 10 heteroatoms. The lowest BCUT2D eigenvalue weighted by atomic mass is 9.91. The van der Waals surface area contributed by atoms with Crippen LogP contribution < -0.4 is 9.47 Å². The van der Waals surface area contributed by atoms with Crippen LogP contribution in [0, 0.1) is 5.92 Å². The van der Waals surface area contributed by atoms with Crippen molar-refractivity contribution in [1.29, 1.82) is 0 Å². The first-order valence-corrected chi connectivity index (χ1v) is 13.5. The Morgan fingerprint density at radius 2 is 1.75 bits per heavy atom. The van der Waals surface area contributed by atoms with Gasteiger partial charge < -0.3 is 34.0 Å². The molecule has 1 aliphatic heterocycles. The van der Waals surface area contributed by atoms with Gasteiger partial charge in [-0.1, -0.05) is 30.3 Å². The quantitative estimate of drug-likeness (QED) is 0.395. The molecule has 2 atom stereocenters. The zero-order valence-electron chi connectivity index (χ0n) is 24.0. The minimum Gasteiger partial charge on any atom is -0.493 e. The third kappa shape index (κ3) is 7.88. The molecule has 0 bridgehead atoms. The zero-order valence-corrected chi connectivity index (χ0v) is 24.0. The fraction of sp³-hybridized carbons (Fsp3) is 0.500. The molecule has 3 amide bonds. The van der Waals surface area contributed by atoms with Crippen molar-refractivity contribution in [2.75, 3.05) is 47.6 Å². The summed E-state index contributed by atoms with van der Waals surface area (Å²) in [6, 6.07) is 13.9. The van der Waals surface area contributed by atoms with Gasteiger partial charge in [0, 0.05) is 58.4 Å². The Hall–Kier alpha value is -3.79. The molecule has 2 aromatic rings. The summed E-state index contributed by atoms with van der Waals surface area (Å²) in [5.74, 6) is -0.0350. The molecule has 10 nitrogen and oxygen atoms in total. The Labute approximate surface area is 236 Å². The highest BCUT2D eigenvalue weighted by Crippen LogP contribution is 2.31. The molecule has 0 spiro atoms. The van der Waals surface area contributed by atoms with Gasteiger partial charge in [0.2, 0.25) is 5.91 Å². The maximum absolute atomic E-state index is 13.9. The summed E-state index contributed by atoms with van der Waals surface area (Å²) in [6.45, 7) is 5.35. The maximum atomic E-state index is 13.9. The van der Waals surface area contributed by atoms with Crippen molar-refractivity contribution in [3.05, 3.63) is 59.7 Å². The van der Waals surface area contributed by atoms with Gasteiger partial charge in [-0.2, -0.15) is 0 Å². The van der Waals surface area contributed by atoms with Crippen LogP contribution in [0.1, 0.15) is 42.6 Å². The molecule has 0 aromatic heterocycles. The summed E-state index contributed by atoms with van der Waals surface area (Å²) >= 11 is 0. The molecule has 218 valence electrons. The second-order valence-electron chi connectivity index (χ2n) is 10.3. The van der Waals surface area contributed by atoms with Crippen LogP contribution in [0.2, 0.25) is 0 Å². The number of carbonyl (C=O) groups excluding carboxylic acids is 2. The summed E-state index contributed by atoms with van der Waals surface area (Å²) in [7, 11) is 4.88. The Morgan fingerprint density at radius 3 is 2.38 bits per heavy atom. The van der Waals surface area contributed by atoms with E-state index in [2.05, 4.69) is 0 Å². The first-order chi connectivity index (χ1) is 19.2. The lowest BCUT2D eigenvalue weighted by Gasteiger charge is -2.43. The Kier molecular flexibility index (Phi) is 11.2. The number of piperidine rings is 1. The van der Waals surface area contributed by atoms with E-state index >= 15 is 0 Å². The zero-order chi connectivity index (χ0) is 29.2. The van der Waals surface area contributed by atoms with E-state index in [4.69, 9.17) is 14.2 Å². The number of likely N-dealkylation sites (tertiary alicyclic amines) is 1. The molecule has 1 saturated heterocycles. The van der Waals surface area contributed by atoms with E-state index < -0.39 is 18.1 Å². The number of ether oxygens (including phenoxy) is 3. The number of amides is 3. The fourth-order valence-corrected chi connectivity index (χ4v) is 5.13. The Balaban J connectivity index is 1.83. The molecular weight excluding hydrogens is 514 g/mol. The van der Waals surface area contributed by atoms with E-state index in [0.29, 0.717) is 49.7 Å². The van der Waals surface area contributed by atoms with Crippen LogP contribution in [0.15, 0.2) is 48.5 Å².